The van der Waals surface area contributed by atoms with Crippen LogP contribution < -0.4 is 0 Å². The number of ether oxygens (including phenoxy) is 1. The molecule has 2 aromatic heterocycles. The zero-order chi connectivity index (χ0) is 14.7. The standard InChI is InChI=1S/C14H17N3O3S/c1-19-14(18)10-5-2-3-7-17(10)9-12-15-13(20-16-12)11-6-4-8-21-11/h4,6,8,10H,2-3,5,7,9H2,1H3. The topological polar surface area (TPSA) is 68.5 Å². The van der Waals surface area contributed by atoms with Crippen molar-refractivity contribution in [2.75, 3.05) is 13.7 Å². The van der Waals surface area contributed by atoms with Crippen LogP contribution in [0, 0.1) is 0 Å². The highest BCUT2D eigenvalue weighted by Crippen LogP contribution is 2.24. The molecule has 0 N–H and O–H groups in total. The number of hydrogen-bond donors (Lipinski definition) is 0. The van der Waals surface area contributed by atoms with E-state index in [1.165, 1.54) is 7.11 Å². The summed E-state index contributed by atoms with van der Waals surface area (Å²) >= 11 is 1.56. The van der Waals surface area contributed by atoms with Gasteiger partial charge in [0, 0.05) is 0 Å². The van der Waals surface area contributed by atoms with Gasteiger partial charge in [-0.2, -0.15) is 4.98 Å². The number of esters is 1. The Labute approximate surface area is 126 Å². The van der Waals surface area contributed by atoms with Crippen LogP contribution in [0.15, 0.2) is 22.0 Å². The number of hydrogen-bond acceptors (Lipinski definition) is 7. The summed E-state index contributed by atoms with van der Waals surface area (Å²) in [5.74, 6) is 0.956. The Balaban J connectivity index is 1.71. The zero-order valence-electron chi connectivity index (χ0n) is 11.8. The van der Waals surface area contributed by atoms with Crippen LogP contribution >= 0.6 is 11.3 Å². The van der Waals surface area contributed by atoms with Gasteiger partial charge in [0.25, 0.3) is 5.89 Å². The van der Waals surface area contributed by atoms with Crippen molar-refractivity contribution in [3.63, 3.8) is 0 Å². The molecule has 1 saturated heterocycles. The summed E-state index contributed by atoms with van der Waals surface area (Å²) in [6.45, 7) is 1.36. The van der Waals surface area contributed by atoms with E-state index in [-0.39, 0.29) is 12.0 Å². The van der Waals surface area contributed by atoms with E-state index in [2.05, 4.69) is 15.0 Å². The molecule has 1 unspecified atom stereocenters. The summed E-state index contributed by atoms with van der Waals surface area (Å²) < 4.78 is 10.2. The van der Waals surface area contributed by atoms with Gasteiger partial charge in [-0.1, -0.05) is 17.6 Å². The third kappa shape index (κ3) is 3.14. The second kappa shape index (κ2) is 6.36. The maximum atomic E-state index is 11.8. The van der Waals surface area contributed by atoms with Gasteiger partial charge < -0.3 is 9.26 Å². The number of thiophene rings is 1. The third-order valence-electron chi connectivity index (χ3n) is 3.63. The average Bonchev–Trinajstić information content (AvgIpc) is 3.18. The molecule has 1 atom stereocenters. The second-order valence-electron chi connectivity index (χ2n) is 5.00. The number of methoxy groups -OCH3 is 1. The van der Waals surface area contributed by atoms with Crippen molar-refractivity contribution in [3.8, 4) is 10.8 Å². The Bertz CT molecular complexity index is 596. The monoisotopic (exact) mass is 307 g/mol. The number of likely N-dealkylation sites (tertiary alicyclic amines) is 1. The lowest BCUT2D eigenvalue weighted by molar-refractivity contribution is -0.148. The summed E-state index contributed by atoms with van der Waals surface area (Å²) in [6, 6.07) is 3.69. The van der Waals surface area contributed by atoms with Crippen molar-refractivity contribution < 1.29 is 14.1 Å². The van der Waals surface area contributed by atoms with E-state index < -0.39 is 0 Å². The summed E-state index contributed by atoms with van der Waals surface area (Å²) in [4.78, 5) is 19.3. The molecule has 3 heterocycles. The quantitative estimate of drug-likeness (QED) is 0.808. The highest BCUT2D eigenvalue weighted by atomic mass is 32.1. The van der Waals surface area contributed by atoms with Gasteiger partial charge in [0.2, 0.25) is 0 Å². The molecule has 0 saturated carbocycles. The van der Waals surface area contributed by atoms with E-state index in [0.29, 0.717) is 18.3 Å². The fourth-order valence-electron chi connectivity index (χ4n) is 2.58. The van der Waals surface area contributed by atoms with Gasteiger partial charge >= 0.3 is 5.97 Å². The zero-order valence-corrected chi connectivity index (χ0v) is 12.6. The minimum Gasteiger partial charge on any atom is -0.468 e. The van der Waals surface area contributed by atoms with Crippen molar-refractivity contribution in [1.82, 2.24) is 15.0 Å². The largest absolute Gasteiger partial charge is 0.468 e. The Morgan fingerprint density at radius 2 is 2.48 bits per heavy atom. The SMILES string of the molecule is COC(=O)C1CCCCN1Cc1noc(-c2cccs2)n1. The van der Waals surface area contributed by atoms with Gasteiger partial charge in [0.15, 0.2) is 5.82 Å². The van der Waals surface area contributed by atoms with E-state index in [4.69, 9.17) is 9.26 Å². The van der Waals surface area contributed by atoms with E-state index in [0.717, 1.165) is 30.7 Å². The number of nitrogens with zero attached hydrogens (tertiary/aromatic N) is 3. The molecular formula is C14H17N3O3S. The Morgan fingerprint density at radius 1 is 1.57 bits per heavy atom. The molecule has 0 spiro atoms. The van der Waals surface area contributed by atoms with Crippen LogP contribution in [0.2, 0.25) is 0 Å². The third-order valence-corrected chi connectivity index (χ3v) is 4.49. The molecular weight excluding hydrogens is 290 g/mol. The highest BCUT2D eigenvalue weighted by molar-refractivity contribution is 7.13. The number of rotatable bonds is 4. The molecule has 0 aromatic carbocycles. The van der Waals surface area contributed by atoms with Crippen LogP contribution in [0.4, 0.5) is 0 Å². The van der Waals surface area contributed by atoms with Crippen LogP contribution in [0.3, 0.4) is 0 Å². The lowest BCUT2D eigenvalue weighted by atomic mass is 10.0. The van der Waals surface area contributed by atoms with Crippen LogP contribution in [0.25, 0.3) is 10.8 Å². The molecule has 0 amide bonds. The fraction of sp³-hybridized carbons (Fsp3) is 0.500. The number of carbonyl (C=O) groups excluding carboxylic acids is 1. The Morgan fingerprint density at radius 3 is 3.24 bits per heavy atom. The van der Waals surface area contributed by atoms with Crippen LogP contribution in [-0.2, 0) is 16.1 Å². The lowest BCUT2D eigenvalue weighted by Gasteiger charge is -2.32. The summed E-state index contributed by atoms with van der Waals surface area (Å²) in [5, 5.41) is 5.98. The first kappa shape index (κ1) is 14.2. The molecule has 0 aliphatic carbocycles. The number of carbonyl (C=O) groups is 1. The van der Waals surface area contributed by atoms with E-state index >= 15 is 0 Å². The van der Waals surface area contributed by atoms with Crippen molar-refractivity contribution >= 4 is 17.3 Å². The molecule has 112 valence electrons. The molecule has 21 heavy (non-hydrogen) atoms. The van der Waals surface area contributed by atoms with Gasteiger partial charge in [-0.15, -0.1) is 11.3 Å². The van der Waals surface area contributed by atoms with Gasteiger partial charge in [-0.05, 0) is 30.8 Å². The van der Waals surface area contributed by atoms with Gasteiger partial charge in [0.05, 0.1) is 18.5 Å². The van der Waals surface area contributed by atoms with Crippen LogP contribution in [0.1, 0.15) is 25.1 Å². The summed E-state index contributed by atoms with van der Waals surface area (Å²) in [6.07, 6.45) is 2.94. The van der Waals surface area contributed by atoms with Gasteiger partial charge in [-0.25, -0.2) is 0 Å². The van der Waals surface area contributed by atoms with Crippen LogP contribution in [0.5, 0.6) is 0 Å². The first-order valence-corrected chi connectivity index (χ1v) is 7.84. The summed E-state index contributed by atoms with van der Waals surface area (Å²) in [5.41, 5.74) is 0. The highest BCUT2D eigenvalue weighted by Gasteiger charge is 2.30. The van der Waals surface area contributed by atoms with E-state index in [1.807, 2.05) is 17.5 Å². The predicted octanol–water partition coefficient (Wildman–Crippen LogP) is 2.33. The molecule has 2 aromatic rings. The van der Waals surface area contributed by atoms with Crippen molar-refractivity contribution in [3.05, 3.63) is 23.3 Å². The number of aromatic nitrogens is 2. The molecule has 1 fully saturated rings. The molecule has 1 aliphatic rings. The van der Waals surface area contributed by atoms with Crippen molar-refractivity contribution in [2.24, 2.45) is 0 Å². The van der Waals surface area contributed by atoms with Gasteiger partial charge in [-0.3, -0.25) is 9.69 Å². The minimum absolute atomic E-state index is 0.184. The maximum Gasteiger partial charge on any atom is 0.323 e. The Kier molecular flexibility index (Phi) is 4.31. The lowest BCUT2D eigenvalue weighted by Crippen LogP contribution is -2.44. The molecule has 1 aliphatic heterocycles. The van der Waals surface area contributed by atoms with E-state index in [1.54, 1.807) is 11.3 Å². The average molecular weight is 307 g/mol. The van der Waals surface area contributed by atoms with E-state index in [9.17, 15) is 4.79 Å². The van der Waals surface area contributed by atoms with Gasteiger partial charge in [0.1, 0.15) is 6.04 Å². The normalized spacial score (nSPS) is 19.6. The minimum atomic E-state index is -0.201. The first-order chi connectivity index (χ1) is 10.3. The van der Waals surface area contributed by atoms with Crippen molar-refractivity contribution in [2.45, 2.75) is 31.8 Å². The second-order valence-corrected chi connectivity index (χ2v) is 5.95. The molecule has 7 heteroatoms. The van der Waals surface area contributed by atoms with Crippen molar-refractivity contribution in [1.29, 1.82) is 0 Å². The molecule has 0 bridgehead atoms. The maximum absolute atomic E-state index is 11.8. The fourth-order valence-corrected chi connectivity index (χ4v) is 3.23. The molecule has 0 radical (unpaired) electrons. The number of piperidine rings is 1. The molecule has 6 nitrogen and oxygen atoms in total. The smallest absolute Gasteiger partial charge is 0.323 e. The first-order valence-electron chi connectivity index (χ1n) is 6.96. The Hall–Kier alpha value is -1.73. The predicted molar refractivity (Wildman–Crippen MR) is 77.7 cm³/mol. The summed E-state index contributed by atoms with van der Waals surface area (Å²) in [7, 11) is 1.43. The van der Waals surface area contributed by atoms with Crippen LogP contribution in [-0.4, -0.2) is 40.7 Å². The molecule has 3 rings (SSSR count).